The van der Waals surface area contributed by atoms with Gasteiger partial charge in [0.1, 0.15) is 0 Å². The number of hydrogen-bond acceptors (Lipinski definition) is 3. The molecule has 0 aromatic carbocycles. The molecule has 0 aromatic heterocycles. The SMILES string of the molecule is NC(=O)C(=O)NCC1CCCNC1. The average Bonchev–Trinajstić information content (AvgIpc) is 2.15. The van der Waals surface area contributed by atoms with E-state index in [0.717, 1.165) is 25.9 Å². The third-order valence-corrected chi connectivity index (χ3v) is 2.17. The Morgan fingerprint density at radius 2 is 2.31 bits per heavy atom. The molecule has 1 fully saturated rings. The van der Waals surface area contributed by atoms with Crippen LogP contribution >= 0.6 is 0 Å². The van der Waals surface area contributed by atoms with Crippen LogP contribution in [0.15, 0.2) is 0 Å². The summed E-state index contributed by atoms with van der Waals surface area (Å²) >= 11 is 0. The quantitative estimate of drug-likeness (QED) is 0.462. The van der Waals surface area contributed by atoms with Crippen LogP contribution in [0.2, 0.25) is 0 Å². The Labute approximate surface area is 77.1 Å². The van der Waals surface area contributed by atoms with Gasteiger partial charge in [0, 0.05) is 6.54 Å². The lowest BCUT2D eigenvalue weighted by Crippen LogP contribution is -2.42. The molecular formula is C8H15N3O2. The molecule has 13 heavy (non-hydrogen) atoms. The van der Waals surface area contributed by atoms with Crippen molar-refractivity contribution >= 4 is 11.8 Å². The summed E-state index contributed by atoms with van der Waals surface area (Å²) in [4.78, 5) is 21.1. The van der Waals surface area contributed by atoms with Crippen LogP contribution in [-0.4, -0.2) is 31.4 Å². The molecule has 1 heterocycles. The summed E-state index contributed by atoms with van der Waals surface area (Å²) in [7, 11) is 0. The number of carbonyl (C=O) groups excluding carboxylic acids is 2. The summed E-state index contributed by atoms with van der Waals surface area (Å²) in [6.07, 6.45) is 2.21. The van der Waals surface area contributed by atoms with E-state index in [2.05, 4.69) is 10.6 Å². The lowest BCUT2D eigenvalue weighted by Gasteiger charge is -2.22. The number of rotatable bonds is 2. The Kier molecular flexibility index (Phi) is 3.70. The van der Waals surface area contributed by atoms with Crippen molar-refractivity contribution in [1.82, 2.24) is 10.6 Å². The monoisotopic (exact) mass is 185 g/mol. The normalized spacial score (nSPS) is 22.3. The van der Waals surface area contributed by atoms with Gasteiger partial charge in [-0.25, -0.2) is 0 Å². The first kappa shape index (κ1) is 9.98. The van der Waals surface area contributed by atoms with Crippen molar-refractivity contribution in [2.75, 3.05) is 19.6 Å². The van der Waals surface area contributed by atoms with Crippen molar-refractivity contribution in [1.29, 1.82) is 0 Å². The van der Waals surface area contributed by atoms with Crippen LogP contribution in [0, 0.1) is 5.92 Å². The second-order valence-corrected chi connectivity index (χ2v) is 3.29. The number of carbonyl (C=O) groups is 2. The molecule has 5 heteroatoms. The van der Waals surface area contributed by atoms with Crippen LogP contribution in [0.1, 0.15) is 12.8 Å². The van der Waals surface area contributed by atoms with Gasteiger partial charge in [-0.2, -0.15) is 0 Å². The summed E-state index contributed by atoms with van der Waals surface area (Å²) < 4.78 is 0. The van der Waals surface area contributed by atoms with Gasteiger partial charge in [0.05, 0.1) is 0 Å². The average molecular weight is 185 g/mol. The first-order chi connectivity index (χ1) is 6.20. The lowest BCUT2D eigenvalue weighted by molar-refractivity contribution is -0.137. The largest absolute Gasteiger partial charge is 0.361 e. The van der Waals surface area contributed by atoms with E-state index in [4.69, 9.17) is 5.73 Å². The van der Waals surface area contributed by atoms with Gasteiger partial charge in [0.25, 0.3) is 0 Å². The van der Waals surface area contributed by atoms with Gasteiger partial charge in [-0.1, -0.05) is 0 Å². The van der Waals surface area contributed by atoms with Gasteiger partial charge in [-0.05, 0) is 31.8 Å². The number of amides is 2. The van der Waals surface area contributed by atoms with Gasteiger partial charge < -0.3 is 16.4 Å². The third-order valence-electron chi connectivity index (χ3n) is 2.17. The first-order valence-electron chi connectivity index (χ1n) is 4.48. The van der Waals surface area contributed by atoms with Crippen molar-refractivity contribution in [3.8, 4) is 0 Å². The molecule has 0 radical (unpaired) electrons. The highest BCUT2D eigenvalue weighted by Crippen LogP contribution is 2.07. The summed E-state index contributed by atoms with van der Waals surface area (Å²) in [6.45, 7) is 2.48. The van der Waals surface area contributed by atoms with Crippen LogP contribution in [0.4, 0.5) is 0 Å². The van der Waals surface area contributed by atoms with Crippen molar-refractivity contribution in [3.05, 3.63) is 0 Å². The standard InChI is InChI=1S/C8H15N3O2/c9-7(12)8(13)11-5-6-2-1-3-10-4-6/h6,10H,1-5H2,(H2,9,12)(H,11,13). The lowest BCUT2D eigenvalue weighted by atomic mass is 10.00. The molecule has 0 aliphatic carbocycles. The molecule has 2 amide bonds. The number of piperidine rings is 1. The number of primary amides is 1. The fourth-order valence-corrected chi connectivity index (χ4v) is 1.42. The zero-order chi connectivity index (χ0) is 9.68. The number of hydrogen-bond donors (Lipinski definition) is 3. The fraction of sp³-hybridized carbons (Fsp3) is 0.750. The van der Waals surface area contributed by atoms with Gasteiger partial charge in [0.15, 0.2) is 0 Å². The van der Waals surface area contributed by atoms with Crippen molar-refractivity contribution < 1.29 is 9.59 Å². The van der Waals surface area contributed by atoms with Crippen LogP contribution < -0.4 is 16.4 Å². The van der Waals surface area contributed by atoms with E-state index in [1.54, 1.807) is 0 Å². The van der Waals surface area contributed by atoms with E-state index in [-0.39, 0.29) is 0 Å². The topological polar surface area (TPSA) is 84.2 Å². The summed E-state index contributed by atoms with van der Waals surface area (Å²) in [6, 6.07) is 0. The maximum Gasteiger partial charge on any atom is 0.309 e. The second-order valence-electron chi connectivity index (χ2n) is 3.29. The minimum absolute atomic E-state index is 0.428. The van der Waals surface area contributed by atoms with Gasteiger partial charge in [-0.3, -0.25) is 9.59 Å². The number of nitrogens with one attached hydrogen (secondary N) is 2. The predicted octanol–water partition coefficient (Wildman–Crippen LogP) is -1.41. The fourth-order valence-electron chi connectivity index (χ4n) is 1.42. The minimum Gasteiger partial charge on any atom is -0.361 e. The minimum atomic E-state index is -0.913. The summed E-state index contributed by atoms with van der Waals surface area (Å²) in [5.74, 6) is -1.17. The molecule has 5 nitrogen and oxygen atoms in total. The Balaban J connectivity index is 2.17. The Hall–Kier alpha value is -1.10. The molecular weight excluding hydrogens is 170 g/mol. The molecule has 1 saturated heterocycles. The van der Waals surface area contributed by atoms with Crippen LogP contribution in [-0.2, 0) is 9.59 Å². The van der Waals surface area contributed by atoms with Gasteiger partial charge in [-0.15, -0.1) is 0 Å². The van der Waals surface area contributed by atoms with E-state index in [0.29, 0.717) is 12.5 Å². The van der Waals surface area contributed by atoms with Gasteiger partial charge >= 0.3 is 11.8 Å². The highest BCUT2D eigenvalue weighted by atomic mass is 16.2. The molecule has 1 rings (SSSR count). The molecule has 0 bridgehead atoms. The molecule has 1 aliphatic rings. The van der Waals surface area contributed by atoms with E-state index in [9.17, 15) is 9.59 Å². The third kappa shape index (κ3) is 3.42. The van der Waals surface area contributed by atoms with E-state index >= 15 is 0 Å². The molecule has 0 aromatic rings. The Bertz CT molecular complexity index is 200. The molecule has 0 spiro atoms. The zero-order valence-corrected chi connectivity index (χ0v) is 7.51. The van der Waals surface area contributed by atoms with Crippen LogP contribution in [0.5, 0.6) is 0 Å². The second kappa shape index (κ2) is 4.81. The number of nitrogens with two attached hydrogens (primary N) is 1. The highest BCUT2D eigenvalue weighted by molar-refractivity contribution is 6.34. The summed E-state index contributed by atoms with van der Waals surface area (Å²) in [5.41, 5.74) is 4.78. The van der Waals surface area contributed by atoms with E-state index in [1.165, 1.54) is 0 Å². The Morgan fingerprint density at radius 3 is 2.85 bits per heavy atom. The molecule has 1 unspecified atom stereocenters. The maximum atomic E-state index is 10.8. The van der Waals surface area contributed by atoms with Crippen LogP contribution in [0.25, 0.3) is 0 Å². The first-order valence-corrected chi connectivity index (χ1v) is 4.48. The Morgan fingerprint density at radius 1 is 1.54 bits per heavy atom. The molecule has 1 aliphatic heterocycles. The zero-order valence-electron chi connectivity index (χ0n) is 7.51. The molecule has 74 valence electrons. The maximum absolute atomic E-state index is 10.8. The van der Waals surface area contributed by atoms with Gasteiger partial charge in [0.2, 0.25) is 0 Å². The summed E-state index contributed by atoms with van der Waals surface area (Å²) in [5, 5.41) is 5.72. The van der Waals surface area contributed by atoms with E-state index < -0.39 is 11.8 Å². The highest BCUT2D eigenvalue weighted by Gasteiger charge is 2.15. The van der Waals surface area contributed by atoms with Crippen molar-refractivity contribution in [2.45, 2.75) is 12.8 Å². The molecule has 4 N–H and O–H groups in total. The van der Waals surface area contributed by atoms with Crippen LogP contribution in [0.3, 0.4) is 0 Å². The van der Waals surface area contributed by atoms with Crippen molar-refractivity contribution in [2.24, 2.45) is 11.7 Å². The smallest absolute Gasteiger partial charge is 0.309 e. The molecule has 0 saturated carbocycles. The van der Waals surface area contributed by atoms with E-state index in [1.807, 2.05) is 0 Å². The predicted molar refractivity (Wildman–Crippen MR) is 47.8 cm³/mol. The van der Waals surface area contributed by atoms with Crippen molar-refractivity contribution in [3.63, 3.8) is 0 Å². The molecule has 1 atom stereocenters.